The zero-order valence-corrected chi connectivity index (χ0v) is 17.7. The van der Waals surface area contributed by atoms with E-state index in [0.717, 1.165) is 5.56 Å². The highest BCUT2D eigenvalue weighted by Gasteiger charge is 2.46. The maximum absolute atomic E-state index is 14.4. The zero-order chi connectivity index (χ0) is 22.7. The predicted octanol–water partition coefficient (Wildman–Crippen LogP) is 6.41. The first-order valence-corrected chi connectivity index (χ1v) is 9.82. The minimum absolute atomic E-state index is 0.135. The fourth-order valence-electron chi connectivity index (χ4n) is 3.73. The van der Waals surface area contributed by atoms with Crippen LogP contribution < -0.4 is 4.90 Å². The lowest BCUT2D eigenvalue weighted by atomic mass is 9.87. The Kier molecular flexibility index (Phi) is 5.52. The SMILES string of the molecule is CC(C)c1cc(C(C)C)c(N2C(=O)c3c(F)c(F)c(F)c(F)c3C2=O)c(C(C)C)c1. The van der Waals surface area contributed by atoms with Crippen LogP contribution in [-0.2, 0) is 0 Å². The molecular weight excluding hydrogens is 398 g/mol. The van der Waals surface area contributed by atoms with E-state index >= 15 is 0 Å². The Labute approximate surface area is 172 Å². The average Bonchev–Trinajstić information content (AvgIpc) is 2.93. The molecule has 0 aromatic heterocycles. The van der Waals surface area contributed by atoms with Crippen LogP contribution in [0.2, 0.25) is 0 Å². The zero-order valence-electron chi connectivity index (χ0n) is 17.7. The Bertz CT molecular complexity index is 998. The topological polar surface area (TPSA) is 37.4 Å². The third-order valence-corrected chi connectivity index (χ3v) is 5.43. The van der Waals surface area contributed by atoms with Crippen molar-refractivity contribution in [3.05, 3.63) is 63.2 Å². The van der Waals surface area contributed by atoms with Crippen molar-refractivity contribution in [1.29, 1.82) is 0 Å². The first-order chi connectivity index (χ1) is 13.9. The van der Waals surface area contributed by atoms with Gasteiger partial charge in [0, 0.05) is 0 Å². The minimum Gasteiger partial charge on any atom is -0.268 e. The molecule has 0 saturated carbocycles. The second-order valence-electron chi connectivity index (χ2n) is 8.46. The molecule has 7 heteroatoms. The summed E-state index contributed by atoms with van der Waals surface area (Å²) in [5, 5.41) is 0. The van der Waals surface area contributed by atoms with Crippen LogP contribution >= 0.6 is 0 Å². The van der Waals surface area contributed by atoms with Crippen LogP contribution in [0.4, 0.5) is 23.2 Å². The number of halogens is 4. The number of nitrogens with zero attached hydrogens (tertiary/aromatic N) is 1. The first kappa shape index (κ1) is 22.0. The normalized spacial score (nSPS) is 14.0. The number of rotatable bonds is 4. The van der Waals surface area contributed by atoms with E-state index in [0.29, 0.717) is 16.0 Å². The van der Waals surface area contributed by atoms with Gasteiger partial charge < -0.3 is 0 Å². The third-order valence-electron chi connectivity index (χ3n) is 5.43. The number of imide groups is 1. The highest BCUT2D eigenvalue weighted by molar-refractivity contribution is 6.35. The van der Waals surface area contributed by atoms with Gasteiger partial charge in [-0.25, -0.2) is 22.5 Å². The van der Waals surface area contributed by atoms with Crippen molar-refractivity contribution in [2.75, 3.05) is 4.90 Å². The van der Waals surface area contributed by atoms with Crippen LogP contribution in [0, 0.1) is 23.3 Å². The molecular formula is C23H23F4NO2. The fraction of sp³-hybridized carbons (Fsp3) is 0.391. The first-order valence-electron chi connectivity index (χ1n) is 9.82. The summed E-state index contributed by atoms with van der Waals surface area (Å²) in [6.45, 7) is 11.5. The monoisotopic (exact) mass is 421 g/mol. The lowest BCUT2D eigenvalue weighted by molar-refractivity contribution is 0.0923. The van der Waals surface area contributed by atoms with Crippen LogP contribution in [0.15, 0.2) is 12.1 Å². The fourth-order valence-corrected chi connectivity index (χ4v) is 3.73. The van der Waals surface area contributed by atoms with Gasteiger partial charge in [-0.1, -0.05) is 53.7 Å². The van der Waals surface area contributed by atoms with Crippen molar-refractivity contribution >= 4 is 17.5 Å². The van der Waals surface area contributed by atoms with E-state index in [1.54, 1.807) is 0 Å². The number of anilines is 1. The number of carbonyl (C=O) groups is 2. The number of hydrogen-bond acceptors (Lipinski definition) is 2. The molecule has 1 aliphatic heterocycles. The maximum Gasteiger partial charge on any atom is 0.269 e. The molecule has 2 aromatic carbocycles. The van der Waals surface area contributed by atoms with E-state index in [1.165, 1.54) is 0 Å². The highest BCUT2D eigenvalue weighted by atomic mass is 19.2. The number of hydrogen-bond donors (Lipinski definition) is 0. The smallest absolute Gasteiger partial charge is 0.268 e. The number of amides is 2. The van der Waals surface area contributed by atoms with Crippen LogP contribution in [-0.4, -0.2) is 11.8 Å². The Morgan fingerprint density at radius 1 is 0.633 bits per heavy atom. The summed E-state index contributed by atoms with van der Waals surface area (Å²) < 4.78 is 56.2. The van der Waals surface area contributed by atoms with Crippen molar-refractivity contribution in [3.63, 3.8) is 0 Å². The molecule has 30 heavy (non-hydrogen) atoms. The van der Waals surface area contributed by atoms with E-state index in [4.69, 9.17) is 0 Å². The molecule has 0 N–H and O–H groups in total. The van der Waals surface area contributed by atoms with Crippen LogP contribution in [0.3, 0.4) is 0 Å². The molecule has 1 aliphatic rings. The van der Waals surface area contributed by atoms with Crippen molar-refractivity contribution in [2.45, 2.75) is 59.3 Å². The summed E-state index contributed by atoms with van der Waals surface area (Å²) in [5.74, 6) is -10.5. The van der Waals surface area contributed by atoms with Gasteiger partial charge in [-0.2, -0.15) is 0 Å². The molecule has 0 atom stereocenters. The van der Waals surface area contributed by atoms with Crippen LogP contribution in [0.25, 0.3) is 0 Å². The van der Waals surface area contributed by atoms with Gasteiger partial charge in [0.05, 0.1) is 16.8 Å². The molecule has 0 unspecified atom stereocenters. The van der Waals surface area contributed by atoms with Crippen LogP contribution in [0.5, 0.6) is 0 Å². The Hall–Kier alpha value is -2.70. The van der Waals surface area contributed by atoms with E-state index in [-0.39, 0.29) is 23.4 Å². The molecule has 0 fully saturated rings. The van der Waals surface area contributed by atoms with Crippen molar-refractivity contribution in [2.24, 2.45) is 0 Å². The van der Waals surface area contributed by atoms with Gasteiger partial charge in [0.25, 0.3) is 11.8 Å². The summed E-state index contributed by atoms with van der Waals surface area (Å²) in [7, 11) is 0. The van der Waals surface area contributed by atoms with Gasteiger partial charge in [-0.3, -0.25) is 9.59 Å². The molecule has 3 rings (SSSR count). The van der Waals surface area contributed by atoms with Crippen molar-refractivity contribution < 1.29 is 27.2 Å². The molecule has 0 radical (unpaired) electrons. The molecule has 2 aromatic rings. The third kappa shape index (κ3) is 3.11. The maximum atomic E-state index is 14.4. The number of benzene rings is 2. The van der Waals surface area contributed by atoms with Gasteiger partial charge in [-0.15, -0.1) is 0 Å². The van der Waals surface area contributed by atoms with E-state index < -0.39 is 46.2 Å². The second kappa shape index (κ2) is 7.52. The predicted molar refractivity (Wildman–Crippen MR) is 106 cm³/mol. The van der Waals surface area contributed by atoms with Gasteiger partial charge in [0.2, 0.25) is 0 Å². The minimum atomic E-state index is -2.11. The summed E-state index contributed by atoms with van der Waals surface area (Å²) in [4.78, 5) is 26.7. The van der Waals surface area contributed by atoms with E-state index in [2.05, 4.69) is 0 Å². The van der Waals surface area contributed by atoms with Gasteiger partial charge in [0.15, 0.2) is 23.3 Å². The summed E-state index contributed by atoms with van der Waals surface area (Å²) in [5.41, 5.74) is 0.331. The number of fused-ring (bicyclic) bond motifs is 1. The number of carbonyl (C=O) groups excluding carboxylic acids is 2. The molecule has 160 valence electrons. The molecule has 2 amide bonds. The van der Waals surface area contributed by atoms with Crippen LogP contribution in [0.1, 0.15) is 96.7 Å². The quantitative estimate of drug-likeness (QED) is 0.247. The molecule has 3 nitrogen and oxygen atoms in total. The molecule has 1 heterocycles. The Morgan fingerprint density at radius 2 is 1.00 bits per heavy atom. The average molecular weight is 421 g/mol. The van der Waals surface area contributed by atoms with E-state index in [1.807, 2.05) is 53.7 Å². The van der Waals surface area contributed by atoms with Gasteiger partial charge in [0.1, 0.15) is 0 Å². The Morgan fingerprint density at radius 3 is 1.30 bits per heavy atom. The highest BCUT2D eigenvalue weighted by Crippen LogP contribution is 2.42. The van der Waals surface area contributed by atoms with Crippen molar-refractivity contribution in [1.82, 2.24) is 0 Å². The lowest BCUT2D eigenvalue weighted by Gasteiger charge is -2.27. The summed E-state index contributed by atoms with van der Waals surface area (Å²) in [6.07, 6.45) is 0. The standard InChI is InChI=1S/C23H23F4NO2/c1-9(2)12-7-13(10(3)4)21(14(8-12)11(5)6)28-22(29)15-16(23(28)30)18(25)20(27)19(26)17(15)24/h7-11H,1-6H3. The summed E-state index contributed by atoms with van der Waals surface area (Å²) >= 11 is 0. The molecule has 0 bridgehead atoms. The van der Waals surface area contributed by atoms with Gasteiger partial charge >= 0.3 is 0 Å². The van der Waals surface area contributed by atoms with Gasteiger partial charge in [-0.05, 0) is 34.4 Å². The second-order valence-corrected chi connectivity index (χ2v) is 8.46. The lowest BCUT2D eigenvalue weighted by Crippen LogP contribution is -2.32. The molecule has 0 spiro atoms. The largest absolute Gasteiger partial charge is 0.269 e. The van der Waals surface area contributed by atoms with E-state index in [9.17, 15) is 27.2 Å². The summed E-state index contributed by atoms with van der Waals surface area (Å²) in [6, 6.07) is 3.71. The Balaban J connectivity index is 2.36. The molecule has 0 saturated heterocycles. The molecule has 0 aliphatic carbocycles. The van der Waals surface area contributed by atoms with Crippen molar-refractivity contribution in [3.8, 4) is 0 Å².